The number of rotatable bonds is 6. The van der Waals surface area contributed by atoms with E-state index >= 15 is 0 Å². The van der Waals surface area contributed by atoms with E-state index in [2.05, 4.69) is 15.0 Å². The maximum absolute atomic E-state index is 13.0. The summed E-state index contributed by atoms with van der Waals surface area (Å²) in [6.07, 6.45) is -1.14. The zero-order chi connectivity index (χ0) is 25.0. The lowest BCUT2D eigenvalue weighted by atomic mass is 10.1. The fourth-order valence-electron chi connectivity index (χ4n) is 3.86. The molecular weight excluding hydrogens is 461 g/mol. The topological polar surface area (TPSA) is 71.7 Å². The second kappa shape index (κ2) is 10.3. The molecule has 0 aliphatic carbocycles. The molecule has 35 heavy (non-hydrogen) atoms. The van der Waals surface area contributed by atoms with Crippen molar-refractivity contribution < 1.29 is 27.2 Å². The maximum Gasteiger partial charge on any atom is 0.416 e. The number of carbonyl (C=O) groups is 1. The molecule has 7 nitrogen and oxygen atoms in total. The van der Waals surface area contributed by atoms with Crippen LogP contribution in [-0.2, 0) is 11.0 Å². The monoisotopic (exact) mass is 486 g/mol. The molecule has 1 unspecified atom stereocenters. The van der Waals surface area contributed by atoms with E-state index in [1.807, 2.05) is 31.2 Å². The van der Waals surface area contributed by atoms with Crippen LogP contribution in [0.5, 0.6) is 5.75 Å². The molecule has 1 aromatic heterocycles. The summed E-state index contributed by atoms with van der Waals surface area (Å²) in [5, 5.41) is 3.87. The third-order valence-corrected chi connectivity index (χ3v) is 5.93. The average Bonchev–Trinajstić information content (AvgIpc) is 3.37. The molecule has 1 amide bonds. The Hall–Kier alpha value is -3.66. The second-order valence-electron chi connectivity index (χ2n) is 8.18. The summed E-state index contributed by atoms with van der Waals surface area (Å²) >= 11 is 0. The van der Waals surface area contributed by atoms with Gasteiger partial charge in [-0.2, -0.15) is 18.2 Å². The van der Waals surface area contributed by atoms with Crippen LogP contribution >= 0.6 is 0 Å². The highest BCUT2D eigenvalue weighted by atomic mass is 19.4. The number of methoxy groups -OCH3 is 1. The van der Waals surface area contributed by atoms with E-state index in [1.54, 1.807) is 24.2 Å². The quantitative estimate of drug-likeness (QED) is 0.471. The minimum Gasteiger partial charge on any atom is -0.497 e. The summed E-state index contributed by atoms with van der Waals surface area (Å²) in [4.78, 5) is 20.8. The van der Waals surface area contributed by atoms with Crippen molar-refractivity contribution >= 4 is 12.0 Å². The van der Waals surface area contributed by atoms with Gasteiger partial charge in [-0.3, -0.25) is 9.69 Å². The van der Waals surface area contributed by atoms with Crippen LogP contribution in [-0.4, -0.2) is 59.1 Å². The molecule has 0 radical (unpaired) electrons. The highest BCUT2D eigenvalue weighted by Crippen LogP contribution is 2.32. The minimum atomic E-state index is -4.45. The Labute approximate surface area is 200 Å². The lowest BCUT2D eigenvalue weighted by Crippen LogP contribution is -2.48. The highest BCUT2D eigenvalue weighted by molar-refractivity contribution is 5.91. The minimum absolute atomic E-state index is 0.0789. The van der Waals surface area contributed by atoms with E-state index in [0.29, 0.717) is 32.1 Å². The molecule has 0 spiro atoms. The van der Waals surface area contributed by atoms with E-state index in [0.717, 1.165) is 23.4 Å². The Bertz CT molecular complexity index is 1200. The number of nitrogens with zero attached hydrogens (tertiary/aromatic N) is 4. The fraction of sp³-hybridized carbons (Fsp3) is 0.320. The molecule has 3 aromatic rings. The molecule has 10 heteroatoms. The van der Waals surface area contributed by atoms with Crippen molar-refractivity contribution in [1.82, 2.24) is 19.9 Å². The number of ether oxygens (including phenoxy) is 1. The molecule has 1 aliphatic heterocycles. The molecule has 0 bridgehead atoms. The van der Waals surface area contributed by atoms with Crippen LogP contribution in [0, 0.1) is 0 Å². The zero-order valence-electron chi connectivity index (χ0n) is 19.3. The second-order valence-corrected chi connectivity index (χ2v) is 8.18. The number of hydrogen-bond acceptors (Lipinski definition) is 6. The van der Waals surface area contributed by atoms with Crippen molar-refractivity contribution in [2.24, 2.45) is 0 Å². The summed E-state index contributed by atoms with van der Waals surface area (Å²) in [6.45, 7) is 4.15. The Balaban J connectivity index is 1.35. The Morgan fingerprint density at radius 2 is 1.86 bits per heavy atom. The Morgan fingerprint density at radius 3 is 2.57 bits per heavy atom. The normalized spacial score (nSPS) is 16.0. The molecule has 2 heterocycles. The lowest BCUT2D eigenvalue weighted by Gasteiger charge is -2.36. The molecule has 1 atom stereocenters. The van der Waals surface area contributed by atoms with Crippen molar-refractivity contribution in [3.8, 4) is 17.1 Å². The SMILES string of the molecule is COc1cccc(C=CC(=O)N2CCN(C(C)c3nc(-c4cccc(C(F)(F)F)c4)no3)CC2)c1. The summed E-state index contributed by atoms with van der Waals surface area (Å²) in [5.41, 5.74) is 0.342. The van der Waals surface area contributed by atoms with E-state index in [4.69, 9.17) is 9.26 Å². The van der Waals surface area contributed by atoms with Crippen molar-refractivity contribution in [3.63, 3.8) is 0 Å². The van der Waals surface area contributed by atoms with Gasteiger partial charge in [0.2, 0.25) is 17.6 Å². The van der Waals surface area contributed by atoms with Crippen LogP contribution in [0.4, 0.5) is 13.2 Å². The van der Waals surface area contributed by atoms with E-state index in [-0.39, 0.29) is 23.3 Å². The first-order valence-corrected chi connectivity index (χ1v) is 11.1. The number of halogens is 3. The van der Waals surface area contributed by atoms with Gasteiger partial charge in [-0.05, 0) is 42.8 Å². The maximum atomic E-state index is 13.0. The fourth-order valence-corrected chi connectivity index (χ4v) is 3.86. The number of hydrogen-bond donors (Lipinski definition) is 0. The molecule has 184 valence electrons. The number of benzene rings is 2. The Kier molecular flexibility index (Phi) is 7.20. The lowest BCUT2D eigenvalue weighted by molar-refractivity contribution is -0.137. The Morgan fingerprint density at radius 1 is 1.11 bits per heavy atom. The van der Waals surface area contributed by atoms with Crippen molar-refractivity contribution in [2.75, 3.05) is 33.3 Å². The molecular formula is C25H25F3N4O3. The summed E-state index contributed by atoms with van der Waals surface area (Å²) < 4.78 is 49.6. The van der Waals surface area contributed by atoms with Crippen molar-refractivity contribution in [1.29, 1.82) is 0 Å². The largest absolute Gasteiger partial charge is 0.497 e. The number of alkyl halides is 3. The predicted octanol–water partition coefficient (Wildman–Crippen LogP) is 4.68. The number of amides is 1. The van der Waals surface area contributed by atoms with Gasteiger partial charge in [-0.1, -0.05) is 29.4 Å². The zero-order valence-corrected chi connectivity index (χ0v) is 19.3. The van der Waals surface area contributed by atoms with Crippen LogP contribution in [0.1, 0.15) is 30.0 Å². The van der Waals surface area contributed by atoms with Gasteiger partial charge in [0.25, 0.3) is 0 Å². The molecule has 4 rings (SSSR count). The van der Waals surface area contributed by atoms with Gasteiger partial charge in [0, 0.05) is 37.8 Å². The number of aromatic nitrogens is 2. The third kappa shape index (κ3) is 5.89. The van der Waals surface area contributed by atoms with Gasteiger partial charge >= 0.3 is 6.18 Å². The van der Waals surface area contributed by atoms with Gasteiger partial charge in [-0.25, -0.2) is 0 Å². The van der Waals surface area contributed by atoms with E-state index in [9.17, 15) is 18.0 Å². The molecule has 1 saturated heterocycles. The van der Waals surface area contributed by atoms with Crippen molar-refractivity contribution in [3.05, 3.63) is 71.6 Å². The van der Waals surface area contributed by atoms with Gasteiger partial charge < -0.3 is 14.2 Å². The first-order chi connectivity index (χ1) is 16.7. The first-order valence-electron chi connectivity index (χ1n) is 11.1. The van der Waals surface area contributed by atoms with Gasteiger partial charge in [0.1, 0.15) is 5.75 Å². The summed E-state index contributed by atoms with van der Waals surface area (Å²) in [6, 6.07) is 12.0. The van der Waals surface area contributed by atoms with Crippen LogP contribution in [0.3, 0.4) is 0 Å². The summed E-state index contributed by atoms with van der Waals surface area (Å²) in [5.74, 6) is 1.06. The standard InChI is InChI=1S/C25H25F3N4O3/c1-17(24-29-23(30-35-24)19-6-4-7-20(16-19)25(26,27)28)31-11-13-32(14-12-31)22(33)10-9-18-5-3-8-21(15-18)34-2/h3-10,15-17H,11-14H2,1-2H3. The van der Waals surface area contributed by atoms with Gasteiger partial charge in [-0.15, -0.1) is 0 Å². The van der Waals surface area contributed by atoms with Crippen LogP contribution in [0.25, 0.3) is 17.5 Å². The number of piperazine rings is 1. The van der Waals surface area contributed by atoms with E-state index in [1.165, 1.54) is 12.1 Å². The predicted molar refractivity (Wildman–Crippen MR) is 123 cm³/mol. The average molecular weight is 486 g/mol. The number of carbonyl (C=O) groups excluding carboxylic acids is 1. The molecule has 0 saturated carbocycles. The van der Waals surface area contributed by atoms with Crippen LogP contribution in [0.2, 0.25) is 0 Å². The smallest absolute Gasteiger partial charge is 0.416 e. The molecule has 1 fully saturated rings. The molecule has 1 aliphatic rings. The molecule has 0 N–H and O–H groups in total. The van der Waals surface area contributed by atoms with E-state index < -0.39 is 11.7 Å². The summed E-state index contributed by atoms with van der Waals surface area (Å²) in [7, 11) is 1.59. The highest BCUT2D eigenvalue weighted by Gasteiger charge is 2.31. The first kappa shape index (κ1) is 24.5. The van der Waals surface area contributed by atoms with Crippen molar-refractivity contribution in [2.45, 2.75) is 19.1 Å². The molecule has 2 aromatic carbocycles. The van der Waals surface area contributed by atoms with Crippen LogP contribution < -0.4 is 4.74 Å². The van der Waals surface area contributed by atoms with Crippen LogP contribution in [0.15, 0.2) is 59.1 Å². The van der Waals surface area contributed by atoms with Gasteiger partial charge in [0.15, 0.2) is 0 Å². The van der Waals surface area contributed by atoms with Gasteiger partial charge in [0.05, 0.1) is 18.7 Å². The third-order valence-electron chi connectivity index (χ3n) is 5.93.